The van der Waals surface area contributed by atoms with E-state index in [1.807, 2.05) is 25.2 Å². The average Bonchev–Trinajstić information content (AvgIpc) is 2.34. The second-order valence-electron chi connectivity index (χ2n) is 4.10. The number of carbonyl (C=O) groups excluding carboxylic acids is 1. The fraction of sp³-hybridized carbons (Fsp3) is 0.438. The van der Waals surface area contributed by atoms with E-state index in [1.54, 1.807) is 0 Å². The van der Waals surface area contributed by atoms with Crippen molar-refractivity contribution in [1.82, 2.24) is 0 Å². The second-order valence-corrected chi connectivity index (χ2v) is 4.10. The van der Waals surface area contributed by atoms with Crippen LogP contribution in [0.25, 0.3) is 0 Å². The summed E-state index contributed by atoms with van der Waals surface area (Å²) in [6.07, 6.45) is 22.3. The number of allylic oxidation sites excluding steroid dienone is 8. The Kier molecular flexibility index (Phi) is 12.3. The summed E-state index contributed by atoms with van der Waals surface area (Å²) in [5, 5.41) is 0. The highest BCUT2D eigenvalue weighted by molar-refractivity contribution is 5.73. The van der Waals surface area contributed by atoms with Gasteiger partial charge in [-0.1, -0.05) is 48.6 Å². The molecular formula is C16H25NO. The Bertz CT molecular complexity index is 311. The molecular weight excluding hydrogens is 222 g/mol. The van der Waals surface area contributed by atoms with Crippen LogP contribution in [-0.2, 0) is 4.79 Å². The number of amides is 1. The summed E-state index contributed by atoms with van der Waals surface area (Å²) in [4.78, 5) is 10.5. The maximum Gasteiger partial charge on any atom is 0.217 e. The third-order valence-electron chi connectivity index (χ3n) is 2.39. The first kappa shape index (κ1) is 16.4. The van der Waals surface area contributed by atoms with Crippen LogP contribution in [0.3, 0.4) is 0 Å². The van der Waals surface area contributed by atoms with E-state index in [-0.39, 0.29) is 5.91 Å². The van der Waals surface area contributed by atoms with E-state index in [0.717, 1.165) is 32.1 Å². The van der Waals surface area contributed by atoms with Gasteiger partial charge in [0.2, 0.25) is 5.91 Å². The second kappa shape index (κ2) is 13.5. The molecule has 2 heteroatoms. The van der Waals surface area contributed by atoms with Gasteiger partial charge in [0.1, 0.15) is 0 Å². The first-order valence-electron chi connectivity index (χ1n) is 6.65. The average molecular weight is 247 g/mol. The van der Waals surface area contributed by atoms with E-state index in [4.69, 9.17) is 5.73 Å². The SMILES string of the molecule is C/C=C/CC/C=C/C=C/C=C/CCCCC(N)=O. The Morgan fingerprint density at radius 3 is 2.11 bits per heavy atom. The molecule has 0 spiro atoms. The van der Waals surface area contributed by atoms with Crippen LogP contribution in [0, 0.1) is 0 Å². The lowest BCUT2D eigenvalue weighted by molar-refractivity contribution is -0.118. The molecule has 0 aromatic heterocycles. The maximum atomic E-state index is 10.5. The first-order chi connectivity index (χ1) is 8.77. The van der Waals surface area contributed by atoms with Gasteiger partial charge in [-0.3, -0.25) is 4.79 Å². The fourth-order valence-corrected chi connectivity index (χ4v) is 1.40. The van der Waals surface area contributed by atoms with Crippen molar-refractivity contribution in [3.05, 3.63) is 48.6 Å². The van der Waals surface area contributed by atoms with Crippen molar-refractivity contribution in [3.63, 3.8) is 0 Å². The van der Waals surface area contributed by atoms with Gasteiger partial charge < -0.3 is 5.73 Å². The maximum absolute atomic E-state index is 10.5. The van der Waals surface area contributed by atoms with E-state index in [0.29, 0.717) is 6.42 Å². The van der Waals surface area contributed by atoms with Crippen LogP contribution in [0.1, 0.15) is 45.4 Å². The summed E-state index contributed by atoms with van der Waals surface area (Å²) < 4.78 is 0. The van der Waals surface area contributed by atoms with E-state index in [9.17, 15) is 4.79 Å². The molecule has 0 aromatic carbocycles. The van der Waals surface area contributed by atoms with Gasteiger partial charge >= 0.3 is 0 Å². The van der Waals surface area contributed by atoms with Crippen molar-refractivity contribution in [3.8, 4) is 0 Å². The Labute approximate surface area is 111 Å². The van der Waals surface area contributed by atoms with Crippen molar-refractivity contribution >= 4 is 5.91 Å². The minimum Gasteiger partial charge on any atom is -0.370 e. The quantitative estimate of drug-likeness (QED) is 0.353. The largest absolute Gasteiger partial charge is 0.370 e. The Morgan fingerprint density at radius 2 is 1.50 bits per heavy atom. The van der Waals surface area contributed by atoms with E-state index in [2.05, 4.69) is 30.4 Å². The smallest absolute Gasteiger partial charge is 0.217 e. The van der Waals surface area contributed by atoms with Crippen molar-refractivity contribution in [2.45, 2.75) is 45.4 Å². The highest BCUT2D eigenvalue weighted by atomic mass is 16.1. The predicted molar refractivity (Wildman–Crippen MR) is 79.1 cm³/mol. The monoisotopic (exact) mass is 247 g/mol. The summed E-state index contributed by atoms with van der Waals surface area (Å²) >= 11 is 0. The number of nitrogens with two attached hydrogens (primary N) is 1. The first-order valence-corrected chi connectivity index (χ1v) is 6.65. The third-order valence-corrected chi connectivity index (χ3v) is 2.39. The van der Waals surface area contributed by atoms with Crippen LogP contribution in [0.5, 0.6) is 0 Å². The highest BCUT2D eigenvalue weighted by Gasteiger charge is 1.91. The van der Waals surface area contributed by atoms with Crippen LogP contribution in [-0.4, -0.2) is 5.91 Å². The fourth-order valence-electron chi connectivity index (χ4n) is 1.40. The van der Waals surface area contributed by atoms with Crippen LogP contribution in [0.2, 0.25) is 0 Å². The number of rotatable bonds is 10. The summed E-state index contributed by atoms with van der Waals surface area (Å²) in [6, 6.07) is 0. The molecule has 0 fully saturated rings. The van der Waals surface area contributed by atoms with E-state index in [1.165, 1.54) is 0 Å². The van der Waals surface area contributed by atoms with Gasteiger partial charge in [-0.2, -0.15) is 0 Å². The van der Waals surface area contributed by atoms with Crippen LogP contribution in [0.4, 0.5) is 0 Å². The van der Waals surface area contributed by atoms with Gasteiger partial charge in [-0.05, 0) is 39.0 Å². The molecule has 0 aliphatic rings. The zero-order valence-electron chi connectivity index (χ0n) is 11.3. The predicted octanol–water partition coefficient (Wildman–Crippen LogP) is 4.06. The lowest BCUT2D eigenvalue weighted by atomic mass is 10.2. The zero-order chi connectivity index (χ0) is 13.5. The highest BCUT2D eigenvalue weighted by Crippen LogP contribution is 2.00. The Morgan fingerprint density at radius 1 is 0.889 bits per heavy atom. The number of hydrogen-bond donors (Lipinski definition) is 1. The van der Waals surface area contributed by atoms with Crippen molar-refractivity contribution in [2.24, 2.45) is 5.73 Å². The molecule has 0 saturated carbocycles. The number of primary amides is 1. The van der Waals surface area contributed by atoms with Crippen molar-refractivity contribution in [1.29, 1.82) is 0 Å². The van der Waals surface area contributed by atoms with Gasteiger partial charge in [-0.25, -0.2) is 0 Å². The molecule has 18 heavy (non-hydrogen) atoms. The Hall–Kier alpha value is -1.57. The molecule has 100 valence electrons. The molecule has 0 radical (unpaired) electrons. The number of carbonyl (C=O) groups is 1. The van der Waals surface area contributed by atoms with Gasteiger partial charge in [-0.15, -0.1) is 0 Å². The molecule has 0 aliphatic heterocycles. The molecule has 0 atom stereocenters. The molecule has 0 aliphatic carbocycles. The molecule has 0 heterocycles. The zero-order valence-corrected chi connectivity index (χ0v) is 11.3. The molecule has 0 aromatic rings. The van der Waals surface area contributed by atoms with Gasteiger partial charge in [0.25, 0.3) is 0 Å². The van der Waals surface area contributed by atoms with Crippen LogP contribution >= 0.6 is 0 Å². The molecule has 0 bridgehead atoms. The lowest BCUT2D eigenvalue weighted by Crippen LogP contribution is -2.09. The minimum atomic E-state index is -0.207. The molecule has 0 saturated heterocycles. The minimum absolute atomic E-state index is 0.207. The van der Waals surface area contributed by atoms with Crippen LogP contribution in [0.15, 0.2) is 48.6 Å². The van der Waals surface area contributed by atoms with Crippen LogP contribution < -0.4 is 5.73 Å². The Balaban J connectivity index is 3.42. The number of hydrogen-bond acceptors (Lipinski definition) is 1. The lowest BCUT2D eigenvalue weighted by Gasteiger charge is -1.92. The third kappa shape index (κ3) is 14.4. The van der Waals surface area contributed by atoms with Gasteiger partial charge in [0.15, 0.2) is 0 Å². The topological polar surface area (TPSA) is 43.1 Å². The molecule has 0 unspecified atom stereocenters. The number of unbranched alkanes of at least 4 members (excludes halogenated alkanes) is 3. The van der Waals surface area contributed by atoms with E-state index < -0.39 is 0 Å². The van der Waals surface area contributed by atoms with Gasteiger partial charge in [0, 0.05) is 6.42 Å². The summed E-state index contributed by atoms with van der Waals surface area (Å²) in [5.41, 5.74) is 5.05. The van der Waals surface area contributed by atoms with Gasteiger partial charge in [0.05, 0.1) is 0 Å². The molecule has 0 rings (SSSR count). The van der Waals surface area contributed by atoms with Crippen molar-refractivity contribution in [2.75, 3.05) is 0 Å². The summed E-state index contributed by atoms with van der Waals surface area (Å²) in [5.74, 6) is -0.207. The standard InChI is InChI=1S/C16H25NO/c1-2-3-4-5-6-7-8-9-10-11-12-13-14-15-16(17)18/h2-3,6-11H,4-5,12-15H2,1H3,(H2,17,18)/b3-2+,7-6+,9-8+,11-10+. The van der Waals surface area contributed by atoms with E-state index >= 15 is 0 Å². The summed E-state index contributed by atoms with van der Waals surface area (Å²) in [7, 11) is 0. The van der Waals surface area contributed by atoms with Crippen molar-refractivity contribution < 1.29 is 4.79 Å². The molecule has 1 amide bonds. The summed E-state index contributed by atoms with van der Waals surface area (Å²) in [6.45, 7) is 2.04. The molecule has 2 N–H and O–H groups in total. The normalized spacial score (nSPS) is 12.5. The molecule has 2 nitrogen and oxygen atoms in total.